The molecule has 0 radical (unpaired) electrons. The minimum Gasteiger partial charge on any atom is -0.493 e. The van der Waals surface area contributed by atoms with Gasteiger partial charge in [-0.2, -0.15) is 4.31 Å². The average Bonchev–Trinajstić information content (AvgIpc) is 2.73. The summed E-state index contributed by atoms with van der Waals surface area (Å²) in [5.41, 5.74) is 1.53. The lowest BCUT2D eigenvalue weighted by atomic mass is 10.0. The van der Waals surface area contributed by atoms with Gasteiger partial charge >= 0.3 is 0 Å². The number of benzene rings is 2. The molecule has 2 unspecified atom stereocenters. The van der Waals surface area contributed by atoms with Crippen LogP contribution in [0.3, 0.4) is 0 Å². The molecule has 0 spiro atoms. The van der Waals surface area contributed by atoms with Gasteiger partial charge < -0.3 is 14.8 Å². The first-order chi connectivity index (χ1) is 14.7. The number of nitrogens with one attached hydrogen (secondary N) is 1. The molecule has 8 heteroatoms. The first-order valence-corrected chi connectivity index (χ1v) is 11.9. The Bertz CT molecular complexity index is 1010. The van der Waals surface area contributed by atoms with Gasteiger partial charge in [0.1, 0.15) is 0 Å². The van der Waals surface area contributed by atoms with Crippen LogP contribution in [-0.2, 0) is 14.8 Å². The van der Waals surface area contributed by atoms with Gasteiger partial charge in [0, 0.05) is 17.8 Å². The van der Waals surface area contributed by atoms with Crippen LogP contribution in [0.1, 0.15) is 38.7 Å². The van der Waals surface area contributed by atoms with E-state index >= 15 is 0 Å². The van der Waals surface area contributed by atoms with Crippen LogP contribution in [0.2, 0.25) is 0 Å². The third-order valence-corrected chi connectivity index (χ3v) is 7.65. The molecule has 2 atom stereocenters. The molecule has 31 heavy (non-hydrogen) atoms. The van der Waals surface area contributed by atoms with Crippen LogP contribution >= 0.6 is 0 Å². The van der Waals surface area contributed by atoms with E-state index in [1.165, 1.54) is 12.1 Å². The fourth-order valence-corrected chi connectivity index (χ4v) is 5.82. The highest BCUT2D eigenvalue weighted by Gasteiger charge is 2.35. The largest absolute Gasteiger partial charge is 0.493 e. The number of rotatable bonds is 7. The second kappa shape index (κ2) is 9.70. The van der Waals surface area contributed by atoms with E-state index in [0.29, 0.717) is 17.2 Å². The topological polar surface area (TPSA) is 84.9 Å². The fourth-order valence-electron chi connectivity index (χ4n) is 3.94. The van der Waals surface area contributed by atoms with Crippen LogP contribution < -0.4 is 14.8 Å². The molecule has 0 aromatic heterocycles. The summed E-state index contributed by atoms with van der Waals surface area (Å²) in [4.78, 5) is 12.5. The number of hydrogen-bond acceptors (Lipinski definition) is 5. The van der Waals surface area contributed by atoms with Crippen LogP contribution in [0.25, 0.3) is 0 Å². The number of anilines is 1. The predicted molar refractivity (Wildman–Crippen MR) is 120 cm³/mol. The number of sulfonamides is 1. The van der Waals surface area contributed by atoms with Gasteiger partial charge in [-0.15, -0.1) is 0 Å². The van der Waals surface area contributed by atoms with Gasteiger partial charge in [0.2, 0.25) is 10.0 Å². The van der Waals surface area contributed by atoms with Crippen molar-refractivity contribution in [2.24, 2.45) is 0 Å². The van der Waals surface area contributed by atoms with Crippen LogP contribution in [0.4, 0.5) is 5.69 Å². The Morgan fingerprint density at radius 3 is 2.32 bits per heavy atom. The maximum Gasteiger partial charge on any atom is 0.262 e. The molecule has 0 aliphatic carbocycles. The molecule has 1 amide bonds. The average molecular weight is 447 g/mol. The Morgan fingerprint density at radius 2 is 1.71 bits per heavy atom. The molecule has 7 nitrogen and oxygen atoms in total. The molecule has 1 N–H and O–H groups in total. The Morgan fingerprint density at radius 1 is 1.06 bits per heavy atom. The molecule has 2 aromatic rings. The van der Waals surface area contributed by atoms with Gasteiger partial charge in [-0.1, -0.05) is 12.5 Å². The van der Waals surface area contributed by atoms with E-state index in [-0.39, 0.29) is 29.5 Å². The Hall–Kier alpha value is -2.58. The van der Waals surface area contributed by atoms with Crippen molar-refractivity contribution in [3.05, 3.63) is 48.0 Å². The van der Waals surface area contributed by atoms with Crippen LogP contribution in [0, 0.1) is 6.92 Å². The first-order valence-electron chi connectivity index (χ1n) is 10.4. The van der Waals surface area contributed by atoms with Gasteiger partial charge in [-0.05, 0) is 75.6 Å². The van der Waals surface area contributed by atoms with E-state index in [2.05, 4.69) is 5.32 Å². The molecular weight excluding hydrogens is 416 g/mol. The van der Waals surface area contributed by atoms with Crippen LogP contribution in [0.5, 0.6) is 11.5 Å². The SMILES string of the molecule is COc1cc(C)ccc1OCC(=O)Nc1ccc(S(=O)(=O)N2C(C)CCCC2C)cc1. The maximum atomic E-state index is 13.1. The van der Waals surface area contributed by atoms with E-state index in [1.807, 2.05) is 32.9 Å². The predicted octanol–water partition coefficient (Wildman–Crippen LogP) is 3.97. The van der Waals surface area contributed by atoms with Crippen molar-refractivity contribution in [3.8, 4) is 11.5 Å². The molecule has 1 saturated heterocycles. The van der Waals surface area contributed by atoms with Gasteiger partial charge in [0.15, 0.2) is 18.1 Å². The van der Waals surface area contributed by atoms with Crippen LogP contribution in [-0.4, -0.2) is 44.4 Å². The molecular formula is C23H30N2O5S. The smallest absolute Gasteiger partial charge is 0.262 e. The van der Waals surface area contributed by atoms with Gasteiger partial charge in [-0.3, -0.25) is 4.79 Å². The van der Waals surface area contributed by atoms with Crippen molar-refractivity contribution >= 4 is 21.6 Å². The molecule has 168 valence electrons. The number of piperidine rings is 1. The van der Waals surface area contributed by atoms with Crippen molar-refractivity contribution in [2.45, 2.75) is 57.0 Å². The lowest BCUT2D eigenvalue weighted by Gasteiger charge is -2.37. The van der Waals surface area contributed by atoms with Gasteiger partial charge in [0.25, 0.3) is 5.91 Å². The maximum absolute atomic E-state index is 13.1. The molecule has 0 bridgehead atoms. The van der Waals surface area contributed by atoms with Crippen molar-refractivity contribution in [2.75, 3.05) is 19.0 Å². The monoisotopic (exact) mass is 446 g/mol. The minimum atomic E-state index is -3.58. The third-order valence-electron chi connectivity index (χ3n) is 5.50. The fraction of sp³-hybridized carbons (Fsp3) is 0.435. The lowest BCUT2D eigenvalue weighted by molar-refractivity contribution is -0.118. The standard InChI is InChI=1S/C23H30N2O5S/c1-16-8-13-21(22(14-16)29-4)30-15-23(26)24-19-9-11-20(12-10-19)31(27,28)25-17(2)6-5-7-18(25)3/h8-14,17-18H,5-7,15H2,1-4H3,(H,24,26). The lowest BCUT2D eigenvalue weighted by Crippen LogP contribution is -2.47. The van der Waals surface area contributed by atoms with Crippen molar-refractivity contribution in [3.63, 3.8) is 0 Å². The number of amides is 1. The summed E-state index contributed by atoms with van der Waals surface area (Å²) in [6.07, 6.45) is 2.77. The quantitative estimate of drug-likeness (QED) is 0.696. The summed E-state index contributed by atoms with van der Waals surface area (Å²) in [5.74, 6) is 0.689. The minimum absolute atomic E-state index is 0.0240. The summed E-state index contributed by atoms with van der Waals surface area (Å²) in [6.45, 7) is 5.65. The molecule has 2 aromatic carbocycles. The summed E-state index contributed by atoms with van der Waals surface area (Å²) >= 11 is 0. The second-order valence-electron chi connectivity index (χ2n) is 7.98. The number of nitrogens with zero attached hydrogens (tertiary/aromatic N) is 1. The van der Waals surface area contributed by atoms with E-state index < -0.39 is 10.0 Å². The highest BCUT2D eigenvalue weighted by atomic mass is 32.2. The molecule has 0 saturated carbocycles. The number of aryl methyl sites for hydroxylation is 1. The second-order valence-corrected chi connectivity index (χ2v) is 9.82. The van der Waals surface area contributed by atoms with E-state index in [1.54, 1.807) is 29.6 Å². The number of ether oxygens (including phenoxy) is 2. The van der Waals surface area contributed by atoms with Gasteiger partial charge in [0.05, 0.1) is 12.0 Å². The molecule has 1 heterocycles. The summed E-state index contributed by atoms with van der Waals surface area (Å²) in [6, 6.07) is 11.7. The summed E-state index contributed by atoms with van der Waals surface area (Å²) in [5, 5.41) is 2.72. The van der Waals surface area contributed by atoms with Crippen molar-refractivity contribution in [1.82, 2.24) is 4.31 Å². The highest BCUT2D eigenvalue weighted by molar-refractivity contribution is 7.89. The number of hydrogen-bond donors (Lipinski definition) is 1. The zero-order valence-corrected chi connectivity index (χ0v) is 19.2. The molecule has 1 aliphatic rings. The zero-order valence-electron chi connectivity index (χ0n) is 18.4. The third kappa shape index (κ3) is 5.37. The molecule has 1 aliphatic heterocycles. The summed E-state index contributed by atoms with van der Waals surface area (Å²) < 4.78 is 38.6. The van der Waals surface area contributed by atoms with E-state index in [0.717, 1.165) is 24.8 Å². The van der Waals surface area contributed by atoms with Gasteiger partial charge in [-0.25, -0.2) is 8.42 Å². The first kappa shape index (κ1) is 23.1. The Balaban J connectivity index is 1.63. The normalized spacial score (nSPS) is 19.6. The number of methoxy groups -OCH3 is 1. The van der Waals surface area contributed by atoms with Crippen molar-refractivity contribution in [1.29, 1.82) is 0 Å². The molecule has 1 fully saturated rings. The number of carbonyl (C=O) groups is 1. The number of carbonyl (C=O) groups excluding carboxylic acids is 1. The van der Waals surface area contributed by atoms with Crippen LogP contribution in [0.15, 0.2) is 47.4 Å². The Kier molecular flexibility index (Phi) is 7.23. The highest BCUT2D eigenvalue weighted by Crippen LogP contribution is 2.30. The zero-order chi connectivity index (χ0) is 22.6. The summed E-state index contributed by atoms with van der Waals surface area (Å²) in [7, 11) is -2.04. The van der Waals surface area contributed by atoms with Crippen molar-refractivity contribution < 1.29 is 22.7 Å². The molecule has 3 rings (SSSR count). The van der Waals surface area contributed by atoms with E-state index in [4.69, 9.17) is 9.47 Å². The van der Waals surface area contributed by atoms with E-state index in [9.17, 15) is 13.2 Å². The Labute approximate surface area is 184 Å².